The summed E-state index contributed by atoms with van der Waals surface area (Å²) in [5, 5.41) is 18.0. The van der Waals surface area contributed by atoms with E-state index in [1.165, 1.54) is 0 Å². The molecular weight excluding hydrogens is 263 g/mol. The van der Waals surface area contributed by atoms with E-state index in [2.05, 4.69) is 13.2 Å². The zero-order chi connectivity index (χ0) is 13.3. The van der Waals surface area contributed by atoms with Gasteiger partial charge in [0.1, 0.15) is 0 Å². The van der Waals surface area contributed by atoms with Crippen LogP contribution in [-0.2, 0) is 4.74 Å². The third-order valence-electron chi connectivity index (χ3n) is 2.21. The predicted molar refractivity (Wildman–Crippen MR) is 71.7 cm³/mol. The number of aliphatic hydroxyl groups excluding tert-OH is 2. The van der Waals surface area contributed by atoms with E-state index in [4.69, 9.17) is 27.9 Å². The van der Waals surface area contributed by atoms with Crippen molar-refractivity contribution in [3.05, 3.63) is 25.3 Å². The van der Waals surface area contributed by atoms with Crippen LogP contribution in [0.4, 0.5) is 0 Å². The molecule has 0 saturated carbocycles. The number of alkyl halides is 2. The first kappa shape index (κ1) is 16.9. The summed E-state index contributed by atoms with van der Waals surface area (Å²) in [5.41, 5.74) is 0. The highest BCUT2D eigenvalue weighted by Crippen LogP contribution is 2.11. The number of ether oxygens (including phenoxy) is 1. The molecule has 0 aromatic heterocycles. The third kappa shape index (κ3) is 7.79. The maximum absolute atomic E-state index is 9.50. The van der Waals surface area contributed by atoms with Gasteiger partial charge in [0.2, 0.25) is 0 Å². The molecule has 5 heteroatoms. The van der Waals surface area contributed by atoms with E-state index in [1.807, 2.05) is 0 Å². The normalized spacial score (nSPS) is 18.1. The van der Waals surface area contributed by atoms with Crippen LogP contribution in [0.5, 0.6) is 0 Å². The minimum Gasteiger partial charge on any atom is -0.391 e. The van der Waals surface area contributed by atoms with Crippen molar-refractivity contribution in [2.24, 2.45) is 0 Å². The first-order valence-corrected chi connectivity index (χ1v) is 6.34. The quantitative estimate of drug-likeness (QED) is 0.477. The number of rotatable bonds is 10. The molecule has 0 aliphatic carbocycles. The second-order valence-electron chi connectivity index (χ2n) is 3.75. The Morgan fingerprint density at radius 3 is 1.59 bits per heavy atom. The van der Waals surface area contributed by atoms with Crippen molar-refractivity contribution in [2.45, 2.75) is 35.8 Å². The molecule has 0 heterocycles. The van der Waals surface area contributed by atoms with E-state index in [0.717, 1.165) is 0 Å². The Morgan fingerprint density at radius 1 is 0.941 bits per heavy atom. The van der Waals surface area contributed by atoms with Gasteiger partial charge in [0, 0.05) is 0 Å². The van der Waals surface area contributed by atoms with Crippen LogP contribution in [0.15, 0.2) is 25.3 Å². The lowest BCUT2D eigenvalue weighted by atomic mass is 10.2. The molecule has 0 amide bonds. The van der Waals surface area contributed by atoms with Crippen LogP contribution in [0, 0.1) is 0 Å². The van der Waals surface area contributed by atoms with E-state index in [1.54, 1.807) is 12.2 Å². The molecule has 0 rings (SSSR count). The molecule has 0 aliphatic heterocycles. The van der Waals surface area contributed by atoms with Crippen LogP contribution in [0.1, 0.15) is 12.8 Å². The van der Waals surface area contributed by atoms with E-state index < -0.39 is 23.0 Å². The second-order valence-corrected chi connectivity index (χ2v) is 4.87. The second kappa shape index (κ2) is 9.92. The van der Waals surface area contributed by atoms with Crippen LogP contribution in [0.25, 0.3) is 0 Å². The largest absolute Gasteiger partial charge is 0.391 e. The standard InChI is InChI=1S/C12H20Cl2O3/c1-3-5-11(15)9(13)7-17-8-10(14)12(16)6-4-2/h3-4,9-12,15-16H,1-2,5-8H2. The van der Waals surface area contributed by atoms with Crippen molar-refractivity contribution in [1.82, 2.24) is 0 Å². The van der Waals surface area contributed by atoms with Gasteiger partial charge in [-0.05, 0) is 12.8 Å². The van der Waals surface area contributed by atoms with Gasteiger partial charge in [0.05, 0.1) is 36.2 Å². The Balaban J connectivity index is 3.74. The number of halogens is 2. The van der Waals surface area contributed by atoms with Crippen molar-refractivity contribution < 1.29 is 14.9 Å². The van der Waals surface area contributed by atoms with E-state index in [0.29, 0.717) is 12.8 Å². The first-order chi connectivity index (χ1) is 8.02. The lowest BCUT2D eigenvalue weighted by Crippen LogP contribution is -2.29. The average molecular weight is 283 g/mol. The molecule has 0 fully saturated rings. The molecule has 100 valence electrons. The van der Waals surface area contributed by atoms with Gasteiger partial charge in [0.25, 0.3) is 0 Å². The van der Waals surface area contributed by atoms with Gasteiger partial charge in [-0.15, -0.1) is 36.4 Å². The average Bonchev–Trinajstić information content (AvgIpc) is 2.29. The van der Waals surface area contributed by atoms with Gasteiger partial charge >= 0.3 is 0 Å². The Labute approximate surface area is 113 Å². The summed E-state index contributed by atoms with van der Waals surface area (Å²) < 4.78 is 5.24. The highest BCUT2D eigenvalue weighted by molar-refractivity contribution is 6.21. The fraction of sp³-hybridized carbons (Fsp3) is 0.667. The van der Waals surface area contributed by atoms with Gasteiger partial charge in [-0.2, -0.15) is 0 Å². The van der Waals surface area contributed by atoms with Gasteiger partial charge < -0.3 is 14.9 Å². The molecule has 0 spiro atoms. The molecular formula is C12H20Cl2O3. The van der Waals surface area contributed by atoms with E-state index in [-0.39, 0.29) is 13.2 Å². The monoisotopic (exact) mass is 282 g/mol. The van der Waals surface area contributed by atoms with Crippen molar-refractivity contribution >= 4 is 23.2 Å². The molecule has 17 heavy (non-hydrogen) atoms. The van der Waals surface area contributed by atoms with Crippen molar-refractivity contribution in [3.63, 3.8) is 0 Å². The minimum atomic E-state index is -0.680. The number of hydrogen-bond acceptors (Lipinski definition) is 3. The summed E-state index contributed by atoms with van der Waals surface area (Å²) in [4.78, 5) is 0. The molecule has 0 aromatic rings. The highest BCUT2D eigenvalue weighted by atomic mass is 35.5. The number of hydrogen-bond donors (Lipinski definition) is 2. The maximum Gasteiger partial charge on any atom is 0.0831 e. The van der Waals surface area contributed by atoms with Crippen LogP contribution in [-0.4, -0.2) is 46.4 Å². The van der Waals surface area contributed by atoms with E-state index >= 15 is 0 Å². The molecule has 3 nitrogen and oxygen atoms in total. The van der Waals surface area contributed by atoms with Crippen LogP contribution in [0.3, 0.4) is 0 Å². The predicted octanol–water partition coefficient (Wildman–Crippen LogP) is 2.09. The Kier molecular flexibility index (Phi) is 9.88. The molecule has 2 N–H and O–H groups in total. The number of aliphatic hydroxyl groups is 2. The minimum absolute atomic E-state index is 0.181. The first-order valence-electron chi connectivity index (χ1n) is 5.46. The van der Waals surface area contributed by atoms with Crippen molar-refractivity contribution in [3.8, 4) is 0 Å². The lowest BCUT2D eigenvalue weighted by Gasteiger charge is -2.19. The Bertz CT molecular complexity index is 202. The summed E-state index contributed by atoms with van der Waals surface area (Å²) in [7, 11) is 0. The summed E-state index contributed by atoms with van der Waals surface area (Å²) in [6.45, 7) is 7.39. The van der Waals surface area contributed by atoms with Crippen molar-refractivity contribution in [1.29, 1.82) is 0 Å². The SMILES string of the molecule is C=CCC(O)C(Cl)COCC(Cl)C(O)CC=C. The maximum atomic E-state index is 9.50. The molecule has 4 atom stereocenters. The van der Waals surface area contributed by atoms with Gasteiger partial charge in [-0.3, -0.25) is 0 Å². The molecule has 0 bridgehead atoms. The Morgan fingerprint density at radius 2 is 1.29 bits per heavy atom. The fourth-order valence-electron chi connectivity index (χ4n) is 1.15. The lowest BCUT2D eigenvalue weighted by molar-refractivity contribution is 0.0644. The fourth-order valence-corrected chi connectivity index (χ4v) is 1.54. The van der Waals surface area contributed by atoms with Crippen LogP contribution < -0.4 is 0 Å². The zero-order valence-electron chi connectivity index (χ0n) is 9.77. The summed E-state index contributed by atoms with van der Waals surface area (Å²) in [6, 6.07) is 0. The van der Waals surface area contributed by atoms with Gasteiger partial charge in [-0.25, -0.2) is 0 Å². The topological polar surface area (TPSA) is 49.7 Å². The summed E-state index contributed by atoms with van der Waals surface area (Å²) in [6.07, 6.45) is 2.67. The zero-order valence-corrected chi connectivity index (χ0v) is 11.3. The molecule has 0 radical (unpaired) electrons. The molecule has 4 unspecified atom stereocenters. The molecule has 0 saturated heterocycles. The van der Waals surface area contributed by atoms with Crippen LogP contribution >= 0.6 is 23.2 Å². The molecule has 0 aliphatic rings. The van der Waals surface area contributed by atoms with Crippen molar-refractivity contribution in [2.75, 3.05) is 13.2 Å². The van der Waals surface area contributed by atoms with Gasteiger partial charge in [0.15, 0.2) is 0 Å². The Hall–Kier alpha value is -0.0600. The highest BCUT2D eigenvalue weighted by Gasteiger charge is 2.18. The van der Waals surface area contributed by atoms with Gasteiger partial charge in [-0.1, -0.05) is 12.2 Å². The smallest absolute Gasteiger partial charge is 0.0831 e. The summed E-state index contributed by atoms with van der Waals surface area (Å²) in [5.74, 6) is 0. The third-order valence-corrected chi connectivity index (χ3v) is 3.04. The van der Waals surface area contributed by atoms with Crippen LogP contribution in [0.2, 0.25) is 0 Å². The molecule has 0 aromatic carbocycles. The van der Waals surface area contributed by atoms with E-state index in [9.17, 15) is 10.2 Å². The summed E-state index contributed by atoms with van der Waals surface area (Å²) >= 11 is 11.8.